The summed E-state index contributed by atoms with van der Waals surface area (Å²) in [6, 6.07) is 70.3. The molecule has 0 bridgehead atoms. The van der Waals surface area contributed by atoms with Gasteiger partial charge in [-0.3, -0.25) is 4.57 Å². The topological polar surface area (TPSA) is 57.8 Å². The molecule has 0 saturated carbocycles. The van der Waals surface area contributed by atoms with E-state index in [2.05, 4.69) is 143 Å². The van der Waals surface area contributed by atoms with Gasteiger partial charge in [0.1, 0.15) is 11.5 Å². The minimum absolute atomic E-state index is 0.570. The van der Waals surface area contributed by atoms with Crippen molar-refractivity contribution in [3.63, 3.8) is 0 Å². The molecule has 1 aliphatic rings. The second kappa shape index (κ2) is 13.1. The maximum Gasteiger partial charge on any atom is 0.238 e. The molecule has 12 aromatic rings. The van der Waals surface area contributed by atoms with Crippen LogP contribution in [0.3, 0.4) is 0 Å². The molecule has 4 heterocycles. The third kappa shape index (κ3) is 5.12. The van der Waals surface area contributed by atoms with E-state index in [-0.39, 0.29) is 0 Å². The van der Waals surface area contributed by atoms with E-state index in [1.807, 2.05) is 66.7 Å². The van der Waals surface area contributed by atoms with Gasteiger partial charge in [0.2, 0.25) is 5.95 Å². The Morgan fingerprint density at radius 1 is 0.328 bits per heavy atom. The van der Waals surface area contributed by atoms with Crippen molar-refractivity contribution < 1.29 is 4.74 Å². The Balaban J connectivity index is 1.06. The minimum atomic E-state index is 0.570. The van der Waals surface area contributed by atoms with Crippen molar-refractivity contribution >= 4 is 54.4 Å². The molecule has 0 aliphatic carbocycles. The van der Waals surface area contributed by atoms with Gasteiger partial charge < -0.3 is 9.30 Å². The number of benzene rings is 9. The van der Waals surface area contributed by atoms with Crippen LogP contribution in [-0.2, 0) is 0 Å². The first-order valence-electron chi connectivity index (χ1n) is 20.5. The summed E-state index contributed by atoms with van der Waals surface area (Å²) in [5.41, 5.74) is 11.8. The third-order valence-electron chi connectivity index (χ3n) is 12.2. The number of ether oxygens (including phenoxy) is 1. The number of para-hydroxylation sites is 3. The van der Waals surface area contributed by atoms with E-state index in [4.69, 9.17) is 19.7 Å². The van der Waals surface area contributed by atoms with Crippen LogP contribution < -0.4 is 4.74 Å². The zero-order valence-corrected chi connectivity index (χ0v) is 32.7. The van der Waals surface area contributed by atoms with Gasteiger partial charge in [0, 0.05) is 55.4 Å². The molecule has 1 aliphatic heterocycles. The highest BCUT2D eigenvalue weighted by molar-refractivity contribution is 6.26. The number of rotatable bonds is 5. The Kier molecular flexibility index (Phi) is 7.21. The Morgan fingerprint density at radius 3 is 1.72 bits per heavy atom. The molecule has 0 N–H and O–H groups in total. The Bertz CT molecular complexity index is 3660. The van der Waals surface area contributed by atoms with Crippen LogP contribution >= 0.6 is 0 Å². The molecule has 61 heavy (non-hydrogen) atoms. The Hall–Kier alpha value is -8.35. The fourth-order valence-electron chi connectivity index (χ4n) is 9.45. The summed E-state index contributed by atoms with van der Waals surface area (Å²) in [5, 5.41) is 6.95. The van der Waals surface area contributed by atoms with Gasteiger partial charge in [-0.1, -0.05) is 152 Å². The van der Waals surface area contributed by atoms with Gasteiger partial charge in [-0.05, 0) is 64.5 Å². The molecule has 9 aromatic carbocycles. The van der Waals surface area contributed by atoms with Crippen molar-refractivity contribution in [2.75, 3.05) is 0 Å². The summed E-state index contributed by atoms with van der Waals surface area (Å²) in [5.74, 6) is 3.57. The lowest BCUT2D eigenvalue weighted by Crippen LogP contribution is -2.06. The van der Waals surface area contributed by atoms with Gasteiger partial charge in [0.05, 0.1) is 22.1 Å². The van der Waals surface area contributed by atoms with Gasteiger partial charge in [-0.25, -0.2) is 4.98 Å². The lowest BCUT2D eigenvalue weighted by Gasteiger charge is -2.22. The summed E-state index contributed by atoms with van der Waals surface area (Å²) in [6.45, 7) is 0. The molecule has 13 rings (SSSR count). The highest BCUT2D eigenvalue weighted by Gasteiger charge is 2.25. The quantitative estimate of drug-likeness (QED) is 0.175. The minimum Gasteiger partial charge on any atom is -0.456 e. The van der Waals surface area contributed by atoms with Gasteiger partial charge in [-0.15, -0.1) is 0 Å². The number of nitrogens with zero attached hydrogens (tertiary/aromatic N) is 5. The van der Waals surface area contributed by atoms with Gasteiger partial charge >= 0.3 is 0 Å². The largest absolute Gasteiger partial charge is 0.456 e. The maximum absolute atomic E-state index is 6.69. The van der Waals surface area contributed by atoms with Crippen molar-refractivity contribution in [2.24, 2.45) is 0 Å². The molecule has 0 spiro atoms. The average molecular weight is 780 g/mol. The predicted molar refractivity (Wildman–Crippen MR) is 248 cm³/mol. The van der Waals surface area contributed by atoms with Crippen LogP contribution in [0.15, 0.2) is 200 Å². The zero-order valence-electron chi connectivity index (χ0n) is 32.7. The molecule has 0 fully saturated rings. The van der Waals surface area contributed by atoms with E-state index in [1.54, 1.807) is 0 Å². The van der Waals surface area contributed by atoms with Gasteiger partial charge in [-0.2, -0.15) is 9.97 Å². The smallest absolute Gasteiger partial charge is 0.238 e. The van der Waals surface area contributed by atoms with E-state index in [0.29, 0.717) is 17.6 Å². The van der Waals surface area contributed by atoms with Crippen LogP contribution in [0.25, 0.3) is 111 Å². The van der Waals surface area contributed by atoms with E-state index < -0.39 is 0 Å². The second-order valence-corrected chi connectivity index (χ2v) is 15.6. The number of fused-ring (bicyclic) bond motifs is 9. The molecule has 3 aromatic heterocycles. The summed E-state index contributed by atoms with van der Waals surface area (Å²) in [6.07, 6.45) is 0. The van der Waals surface area contributed by atoms with Crippen LogP contribution in [0.2, 0.25) is 0 Å². The lowest BCUT2D eigenvalue weighted by molar-refractivity contribution is 0.487. The van der Waals surface area contributed by atoms with Crippen LogP contribution in [0, 0.1) is 0 Å². The second-order valence-electron chi connectivity index (χ2n) is 15.6. The Labute approximate surface area is 350 Å². The predicted octanol–water partition coefficient (Wildman–Crippen LogP) is 14.0. The van der Waals surface area contributed by atoms with E-state index in [9.17, 15) is 0 Å². The molecule has 0 saturated heterocycles. The molecule has 6 nitrogen and oxygen atoms in total. The normalized spacial score (nSPS) is 12.1. The summed E-state index contributed by atoms with van der Waals surface area (Å²) in [7, 11) is 0. The highest BCUT2D eigenvalue weighted by Crippen LogP contribution is 2.51. The van der Waals surface area contributed by atoms with E-state index in [1.165, 1.54) is 21.7 Å². The first-order valence-corrected chi connectivity index (χ1v) is 20.5. The van der Waals surface area contributed by atoms with Crippen molar-refractivity contribution in [2.45, 2.75) is 0 Å². The maximum atomic E-state index is 6.69. The van der Waals surface area contributed by atoms with Crippen LogP contribution in [-0.4, -0.2) is 24.1 Å². The summed E-state index contributed by atoms with van der Waals surface area (Å²) >= 11 is 0. The average Bonchev–Trinajstić information content (AvgIpc) is 3.84. The molecule has 284 valence electrons. The monoisotopic (exact) mass is 779 g/mol. The number of aromatic nitrogens is 5. The lowest BCUT2D eigenvalue weighted by atomic mass is 9.92. The molecule has 6 heteroatoms. The van der Waals surface area contributed by atoms with Crippen molar-refractivity contribution in [3.05, 3.63) is 200 Å². The summed E-state index contributed by atoms with van der Waals surface area (Å²) in [4.78, 5) is 15.3. The SMILES string of the molecule is c1ccc(-c2nc(-c3ccccc3)nc(-n3c4ccccc4c4ccc(-c5ccc6c(c5)c5c7cccc8c7c(cc5n6-c5ccccc5)Oc5ccccc5-8)cc43)n2)cc1. The van der Waals surface area contributed by atoms with Crippen LogP contribution in [0.5, 0.6) is 11.5 Å². The number of hydrogen-bond donors (Lipinski definition) is 0. The molecule has 0 amide bonds. The molecular weight excluding hydrogens is 747 g/mol. The first-order chi connectivity index (χ1) is 30.2. The van der Waals surface area contributed by atoms with E-state index in [0.717, 1.165) is 83.2 Å². The van der Waals surface area contributed by atoms with Crippen LogP contribution in [0.4, 0.5) is 0 Å². The fourth-order valence-corrected chi connectivity index (χ4v) is 9.45. The summed E-state index contributed by atoms with van der Waals surface area (Å²) < 4.78 is 11.3. The van der Waals surface area contributed by atoms with Crippen molar-refractivity contribution in [3.8, 4) is 68.2 Å². The van der Waals surface area contributed by atoms with Crippen molar-refractivity contribution in [1.82, 2.24) is 24.1 Å². The highest BCUT2D eigenvalue weighted by atomic mass is 16.5. The molecule has 0 atom stereocenters. The first kappa shape index (κ1) is 33.6. The zero-order chi connectivity index (χ0) is 40.0. The molecule has 0 radical (unpaired) electrons. The third-order valence-corrected chi connectivity index (χ3v) is 12.2. The Morgan fingerprint density at radius 2 is 0.934 bits per heavy atom. The van der Waals surface area contributed by atoms with Gasteiger partial charge in [0.15, 0.2) is 11.6 Å². The van der Waals surface area contributed by atoms with Crippen LogP contribution in [0.1, 0.15) is 0 Å². The van der Waals surface area contributed by atoms with Crippen molar-refractivity contribution in [1.29, 1.82) is 0 Å². The van der Waals surface area contributed by atoms with E-state index >= 15 is 0 Å². The molecule has 0 unspecified atom stereocenters. The molecular formula is C55H33N5O. The standard InChI is InChI=1S/C55H33N5O/c1-4-15-34(16-5-1)53-56-54(35-17-6-2-7-18-35)58-55(57-53)60-45-25-12-10-21-39(45)40-29-27-37(32-47(40)60)36-28-30-46-44(31-36)51-43-24-14-23-42-41-22-11-13-26-49(41)61-50(52(42)43)33-48(51)59(46)38-19-8-3-9-20-38/h1-33H. The van der Waals surface area contributed by atoms with Gasteiger partial charge in [0.25, 0.3) is 0 Å². The number of hydrogen-bond acceptors (Lipinski definition) is 4. The fraction of sp³-hybridized carbons (Fsp3) is 0.